The monoisotopic (exact) mass is 315 g/mol. The Kier molecular flexibility index (Phi) is 2.78. The smallest absolute Gasteiger partial charge is 0.344 e. The van der Waals surface area contributed by atoms with Crippen molar-refractivity contribution >= 4 is 21.8 Å². The van der Waals surface area contributed by atoms with E-state index < -0.39 is 11.7 Å². The molecule has 0 aliphatic heterocycles. The summed E-state index contributed by atoms with van der Waals surface area (Å²) in [6.07, 6.45) is -2.85. The van der Waals surface area contributed by atoms with Crippen LogP contribution in [0.5, 0.6) is 0 Å². The molecular weight excluding hydrogens is 303 g/mol. The minimum absolute atomic E-state index is 0.375. The van der Waals surface area contributed by atoms with E-state index in [-0.39, 0.29) is 0 Å². The van der Waals surface area contributed by atoms with Crippen LogP contribution in [0.2, 0.25) is 0 Å². The number of rotatable bonds is 1. The van der Waals surface area contributed by atoms with Crippen LogP contribution in [-0.4, -0.2) is 14.8 Å². The van der Waals surface area contributed by atoms with Crippen LogP contribution < -0.4 is 0 Å². The molecule has 2 aromatic heterocycles. The van der Waals surface area contributed by atoms with Gasteiger partial charge in [-0.05, 0) is 24.3 Å². The Labute approximate surface area is 129 Å². The first-order valence-corrected chi connectivity index (χ1v) is 7.04. The predicted octanol–water partition coefficient (Wildman–Crippen LogP) is 4.74. The minimum Gasteiger partial charge on any atom is -0.344 e. The van der Waals surface area contributed by atoms with Gasteiger partial charge in [0.15, 0.2) is 0 Å². The van der Waals surface area contributed by atoms with Gasteiger partial charge in [-0.3, -0.25) is 5.10 Å². The number of halogens is 3. The zero-order valence-electron chi connectivity index (χ0n) is 12.1. The summed E-state index contributed by atoms with van der Waals surface area (Å²) in [6, 6.07) is 11.9. The largest absolute Gasteiger partial charge is 0.416 e. The van der Waals surface area contributed by atoms with Crippen molar-refractivity contribution < 1.29 is 13.2 Å². The maximum absolute atomic E-state index is 13.2. The van der Waals surface area contributed by atoms with Crippen molar-refractivity contribution in [3.05, 3.63) is 54.2 Å². The van der Waals surface area contributed by atoms with Gasteiger partial charge in [-0.15, -0.1) is 0 Å². The van der Waals surface area contributed by atoms with Crippen molar-refractivity contribution in [3.8, 4) is 11.3 Å². The lowest BCUT2D eigenvalue weighted by molar-refractivity contribution is -0.137. The van der Waals surface area contributed by atoms with E-state index in [1.165, 1.54) is 6.07 Å². The van der Waals surface area contributed by atoms with Gasteiger partial charge in [0.1, 0.15) is 0 Å². The molecule has 0 aliphatic rings. The molecule has 3 nitrogen and oxygen atoms in total. The lowest BCUT2D eigenvalue weighted by Crippen LogP contribution is -2.05. The molecule has 4 rings (SSSR count). The first-order chi connectivity index (χ1) is 10.9. The maximum atomic E-state index is 13.2. The predicted molar refractivity (Wildman–Crippen MR) is 83.0 cm³/mol. The normalized spacial score (nSPS) is 12.3. The topological polar surface area (TPSA) is 33.6 Å². The van der Waals surface area contributed by atoms with Gasteiger partial charge in [-0.1, -0.05) is 18.2 Å². The summed E-state index contributed by atoms with van der Waals surface area (Å²) >= 11 is 0. The molecule has 0 spiro atoms. The highest BCUT2D eigenvalue weighted by atomic mass is 19.4. The molecule has 0 aliphatic carbocycles. The van der Waals surface area contributed by atoms with Crippen LogP contribution in [0.25, 0.3) is 33.1 Å². The number of aromatic amines is 1. The Morgan fingerprint density at radius 1 is 1.09 bits per heavy atom. The van der Waals surface area contributed by atoms with Crippen molar-refractivity contribution in [3.63, 3.8) is 0 Å². The molecule has 0 fully saturated rings. The third-order valence-corrected chi connectivity index (χ3v) is 4.11. The van der Waals surface area contributed by atoms with Crippen molar-refractivity contribution in [1.82, 2.24) is 14.8 Å². The number of benzene rings is 2. The molecule has 0 saturated heterocycles. The Balaban J connectivity index is 2.07. The highest BCUT2D eigenvalue weighted by Crippen LogP contribution is 2.38. The zero-order valence-corrected chi connectivity index (χ0v) is 12.1. The van der Waals surface area contributed by atoms with Crippen molar-refractivity contribution in [2.75, 3.05) is 0 Å². The maximum Gasteiger partial charge on any atom is 0.416 e. The number of hydrogen-bond acceptors (Lipinski definition) is 1. The van der Waals surface area contributed by atoms with E-state index in [4.69, 9.17) is 0 Å². The first kappa shape index (κ1) is 13.9. The van der Waals surface area contributed by atoms with Gasteiger partial charge in [0, 0.05) is 34.6 Å². The quantitative estimate of drug-likeness (QED) is 0.541. The Morgan fingerprint density at radius 2 is 1.87 bits per heavy atom. The lowest BCUT2D eigenvalue weighted by atomic mass is 10.0. The Hall–Kier alpha value is -2.76. The number of nitrogens with one attached hydrogen (secondary N) is 1. The van der Waals surface area contributed by atoms with E-state index in [1.54, 1.807) is 6.20 Å². The lowest BCUT2D eigenvalue weighted by Gasteiger charge is -2.11. The van der Waals surface area contributed by atoms with Gasteiger partial charge in [0.25, 0.3) is 0 Å². The summed E-state index contributed by atoms with van der Waals surface area (Å²) in [5.41, 5.74) is 1.90. The number of aryl methyl sites for hydroxylation is 1. The van der Waals surface area contributed by atoms with Crippen LogP contribution in [0.4, 0.5) is 13.2 Å². The fourth-order valence-electron chi connectivity index (χ4n) is 2.97. The molecule has 116 valence electrons. The fraction of sp³-hybridized carbons (Fsp3) is 0.118. The van der Waals surface area contributed by atoms with Gasteiger partial charge >= 0.3 is 6.18 Å². The van der Waals surface area contributed by atoms with Crippen LogP contribution in [0.15, 0.2) is 48.7 Å². The molecule has 0 radical (unpaired) electrons. The summed E-state index contributed by atoms with van der Waals surface area (Å²) in [4.78, 5) is 0. The van der Waals surface area contributed by atoms with E-state index in [1.807, 2.05) is 41.9 Å². The van der Waals surface area contributed by atoms with Gasteiger partial charge < -0.3 is 4.57 Å². The van der Waals surface area contributed by atoms with Crippen molar-refractivity contribution in [2.45, 2.75) is 6.18 Å². The van der Waals surface area contributed by atoms with Crippen LogP contribution >= 0.6 is 0 Å². The van der Waals surface area contributed by atoms with E-state index in [9.17, 15) is 13.2 Å². The molecule has 2 heterocycles. The molecule has 6 heteroatoms. The summed E-state index contributed by atoms with van der Waals surface area (Å²) in [7, 11) is 1.85. The Morgan fingerprint density at radius 3 is 2.61 bits per heavy atom. The molecule has 4 aromatic rings. The summed E-state index contributed by atoms with van der Waals surface area (Å²) in [5.74, 6) is 0. The molecule has 2 aromatic carbocycles. The summed E-state index contributed by atoms with van der Waals surface area (Å²) in [5, 5.41) is 8.18. The summed E-state index contributed by atoms with van der Waals surface area (Å²) < 4.78 is 41.4. The summed E-state index contributed by atoms with van der Waals surface area (Å²) in [6.45, 7) is 0. The SMILES string of the molecule is Cn1c(-c2cc(C(F)(F)F)cc3[nH]ncc23)cc2ccccc21. The number of hydrogen-bond donors (Lipinski definition) is 1. The van der Waals surface area contributed by atoms with Crippen LogP contribution in [0.1, 0.15) is 5.56 Å². The van der Waals surface area contributed by atoms with Crippen molar-refractivity contribution in [2.24, 2.45) is 7.05 Å². The molecule has 23 heavy (non-hydrogen) atoms. The molecule has 0 unspecified atom stereocenters. The third-order valence-electron chi connectivity index (χ3n) is 4.11. The van der Waals surface area contributed by atoms with E-state index in [0.717, 1.165) is 22.7 Å². The highest BCUT2D eigenvalue weighted by Gasteiger charge is 2.32. The molecule has 0 bridgehead atoms. The van der Waals surface area contributed by atoms with Crippen LogP contribution in [0.3, 0.4) is 0 Å². The fourth-order valence-corrected chi connectivity index (χ4v) is 2.97. The van der Waals surface area contributed by atoms with Gasteiger partial charge in [-0.25, -0.2) is 0 Å². The number of nitrogens with zero attached hydrogens (tertiary/aromatic N) is 2. The molecule has 1 N–H and O–H groups in total. The second-order valence-corrected chi connectivity index (χ2v) is 5.50. The van der Waals surface area contributed by atoms with Gasteiger partial charge in [-0.2, -0.15) is 18.3 Å². The van der Waals surface area contributed by atoms with E-state index >= 15 is 0 Å². The number of para-hydroxylation sites is 1. The number of H-pyrrole nitrogens is 1. The molecule has 0 amide bonds. The van der Waals surface area contributed by atoms with E-state index in [0.29, 0.717) is 16.5 Å². The second-order valence-electron chi connectivity index (χ2n) is 5.50. The number of fused-ring (bicyclic) bond motifs is 2. The first-order valence-electron chi connectivity index (χ1n) is 7.04. The number of alkyl halides is 3. The van der Waals surface area contributed by atoms with Crippen molar-refractivity contribution in [1.29, 1.82) is 0 Å². The van der Waals surface area contributed by atoms with Crippen LogP contribution in [-0.2, 0) is 13.2 Å². The van der Waals surface area contributed by atoms with Gasteiger partial charge in [0.2, 0.25) is 0 Å². The molecular formula is C17H12F3N3. The third kappa shape index (κ3) is 2.10. The van der Waals surface area contributed by atoms with E-state index in [2.05, 4.69) is 10.2 Å². The average molecular weight is 315 g/mol. The minimum atomic E-state index is -4.40. The van der Waals surface area contributed by atoms with Crippen LogP contribution in [0, 0.1) is 0 Å². The average Bonchev–Trinajstić information content (AvgIpc) is 3.10. The zero-order chi connectivity index (χ0) is 16.2. The molecule has 0 saturated carbocycles. The second kappa shape index (κ2) is 4.62. The standard InChI is InChI=1S/C17H12F3N3/c1-23-15-5-3-2-4-10(15)6-16(23)12-7-11(17(18,19)20)8-14-13(12)9-21-22-14/h2-9H,1H3,(H,21,22). The van der Waals surface area contributed by atoms with Gasteiger partial charge in [0.05, 0.1) is 17.3 Å². The highest BCUT2D eigenvalue weighted by molar-refractivity contribution is 5.98. The Bertz CT molecular complexity index is 1020. The molecule has 0 atom stereocenters. The number of aromatic nitrogens is 3.